The van der Waals surface area contributed by atoms with Gasteiger partial charge in [-0.3, -0.25) is 0 Å². The smallest absolute Gasteiger partial charge is 0.175 e. The van der Waals surface area contributed by atoms with Crippen molar-refractivity contribution in [3.05, 3.63) is 10.8 Å². The third-order valence-electron chi connectivity index (χ3n) is 3.04. The third kappa shape index (κ3) is 1.48. The summed E-state index contributed by atoms with van der Waals surface area (Å²) in [6.45, 7) is 5.55. The van der Waals surface area contributed by atoms with Gasteiger partial charge in [-0.05, 0) is 22.9 Å². The number of hydrogen-bond acceptors (Lipinski definition) is 5. The van der Waals surface area contributed by atoms with Crippen LogP contribution in [0.15, 0.2) is 10.8 Å². The molecule has 0 radical (unpaired) electrons. The van der Waals surface area contributed by atoms with E-state index in [1.54, 1.807) is 6.20 Å². The normalized spacial score (nSPS) is 19.9. The predicted molar refractivity (Wildman–Crippen MR) is 64.7 cm³/mol. The summed E-state index contributed by atoms with van der Waals surface area (Å²) in [7, 11) is 0. The van der Waals surface area contributed by atoms with E-state index in [1.165, 1.54) is 0 Å². The molecule has 0 bridgehead atoms. The summed E-state index contributed by atoms with van der Waals surface area (Å²) in [5, 5.41) is 0. The van der Waals surface area contributed by atoms with Crippen molar-refractivity contribution in [2.45, 2.75) is 13.0 Å². The van der Waals surface area contributed by atoms with E-state index < -0.39 is 0 Å². The molecule has 5 nitrogen and oxygen atoms in total. The number of rotatable bonds is 2. The first-order chi connectivity index (χ1) is 7.79. The molecule has 16 heavy (non-hydrogen) atoms. The van der Waals surface area contributed by atoms with Gasteiger partial charge in [0.1, 0.15) is 4.60 Å². The van der Waals surface area contributed by atoms with Gasteiger partial charge in [0.25, 0.3) is 0 Å². The molecular weight excluding hydrogens is 272 g/mol. The van der Waals surface area contributed by atoms with Gasteiger partial charge in [0.05, 0.1) is 32.1 Å². The molecule has 0 aliphatic carbocycles. The highest BCUT2D eigenvalue weighted by atomic mass is 79.9. The maximum atomic E-state index is 5.24. The van der Waals surface area contributed by atoms with E-state index in [9.17, 15) is 0 Å². The highest BCUT2D eigenvalue weighted by Crippen LogP contribution is 2.35. The Morgan fingerprint density at radius 1 is 1.50 bits per heavy atom. The van der Waals surface area contributed by atoms with E-state index >= 15 is 0 Å². The average Bonchev–Trinajstić information content (AvgIpc) is 2.54. The van der Waals surface area contributed by atoms with Crippen molar-refractivity contribution in [3.63, 3.8) is 0 Å². The van der Waals surface area contributed by atoms with Crippen LogP contribution >= 0.6 is 15.9 Å². The Kier molecular flexibility index (Phi) is 2.48. The van der Waals surface area contributed by atoms with Gasteiger partial charge in [-0.15, -0.1) is 0 Å². The Labute approximate surface area is 103 Å². The maximum Gasteiger partial charge on any atom is 0.175 e. The van der Waals surface area contributed by atoms with E-state index in [-0.39, 0.29) is 0 Å². The number of halogens is 1. The van der Waals surface area contributed by atoms with Crippen LogP contribution in [0.4, 0.5) is 11.6 Å². The number of aromatic nitrogens is 2. The van der Waals surface area contributed by atoms with E-state index in [4.69, 9.17) is 4.74 Å². The number of nitrogens with zero attached hydrogens (tertiary/aromatic N) is 4. The second-order valence-electron chi connectivity index (χ2n) is 4.00. The summed E-state index contributed by atoms with van der Waals surface area (Å²) in [5.41, 5.74) is 0. The predicted octanol–water partition coefficient (Wildman–Crippen LogP) is 1.24. The first-order valence-corrected chi connectivity index (χ1v) is 6.20. The Morgan fingerprint density at radius 3 is 2.94 bits per heavy atom. The second-order valence-corrected chi connectivity index (χ2v) is 4.81. The Bertz CT molecular complexity index is 410. The Morgan fingerprint density at radius 2 is 2.31 bits per heavy atom. The zero-order valence-corrected chi connectivity index (χ0v) is 10.6. The molecule has 0 aromatic carbocycles. The van der Waals surface area contributed by atoms with Crippen LogP contribution in [0.1, 0.15) is 6.92 Å². The number of anilines is 2. The quantitative estimate of drug-likeness (QED) is 0.818. The van der Waals surface area contributed by atoms with Gasteiger partial charge in [0.2, 0.25) is 0 Å². The van der Waals surface area contributed by atoms with Crippen molar-refractivity contribution in [1.29, 1.82) is 0 Å². The summed E-state index contributed by atoms with van der Waals surface area (Å²) in [6.07, 6.45) is 1.75. The van der Waals surface area contributed by atoms with Gasteiger partial charge in [0, 0.05) is 6.54 Å². The summed E-state index contributed by atoms with van der Waals surface area (Å²) in [4.78, 5) is 13.5. The van der Waals surface area contributed by atoms with Gasteiger partial charge in [-0.1, -0.05) is 0 Å². The van der Waals surface area contributed by atoms with Crippen LogP contribution in [0.5, 0.6) is 0 Å². The number of fused-ring (bicyclic) bond motifs is 1. The van der Waals surface area contributed by atoms with Crippen molar-refractivity contribution < 1.29 is 4.74 Å². The van der Waals surface area contributed by atoms with Crippen LogP contribution in [0, 0.1) is 0 Å². The van der Waals surface area contributed by atoms with Crippen molar-refractivity contribution in [2.75, 3.05) is 36.2 Å². The summed E-state index contributed by atoms with van der Waals surface area (Å²) in [5.74, 6) is 1.96. The largest absolute Gasteiger partial charge is 0.377 e. The Hall–Kier alpha value is -0.880. The van der Waals surface area contributed by atoms with E-state index in [1.807, 2.05) is 0 Å². The van der Waals surface area contributed by atoms with E-state index in [0.29, 0.717) is 6.04 Å². The lowest BCUT2D eigenvalue weighted by molar-refractivity contribution is 0.00855. The molecule has 0 N–H and O–H groups in total. The molecule has 0 unspecified atom stereocenters. The molecule has 2 aliphatic heterocycles. The lowest BCUT2D eigenvalue weighted by Gasteiger charge is -2.35. The molecule has 2 aliphatic rings. The van der Waals surface area contributed by atoms with Gasteiger partial charge in [0.15, 0.2) is 11.6 Å². The van der Waals surface area contributed by atoms with Crippen molar-refractivity contribution in [3.8, 4) is 0 Å². The molecule has 0 saturated carbocycles. The van der Waals surface area contributed by atoms with Crippen molar-refractivity contribution >= 4 is 27.6 Å². The standard InChI is InChI=1S/C10H13BrN4O/c1-2-14-6-15(7-4-16-5-7)10-9(14)12-3-8(11)13-10/h3,7H,2,4-6H2,1H3. The van der Waals surface area contributed by atoms with Gasteiger partial charge in [-0.2, -0.15) is 0 Å². The maximum absolute atomic E-state index is 5.24. The van der Waals surface area contributed by atoms with E-state index in [0.717, 1.165) is 42.7 Å². The SMILES string of the molecule is CCN1CN(C2COC2)c2nc(Br)cnc21. The first-order valence-electron chi connectivity index (χ1n) is 5.41. The molecule has 6 heteroatoms. The molecule has 1 aromatic rings. The highest BCUT2D eigenvalue weighted by molar-refractivity contribution is 9.10. The molecule has 0 spiro atoms. The molecule has 0 amide bonds. The van der Waals surface area contributed by atoms with Crippen LogP contribution in [0.25, 0.3) is 0 Å². The fourth-order valence-corrected chi connectivity index (χ4v) is 2.30. The van der Waals surface area contributed by atoms with Crippen LogP contribution in [0.3, 0.4) is 0 Å². The summed E-state index contributed by atoms with van der Waals surface area (Å²) < 4.78 is 6.03. The molecule has 1 aromatic heterocycles. The average molecular weight is 285 g/mol. The third-order valence-corrected chi connectivity index (χ3v) is 3.43. The second kappa shape index (κ2) is 3.85. The molecule has 86 valence electrons. The minimum absolute atomic E-state index is 0.457. The minimum Gasteiger partial charge on any atom is -0.377 e. The van der Waals surface area contributed by atoms with E-state index in [2.05, 4.69) is 42.6 Å². The van der Waals surface area contributed by atoms with Crippen LogP contribution in [0.2, 0.25) is 0 Å². The monoisotopic (exact) mass is 284 g/mol. The molecule has 3 rings (SSSR count). The zero-order valence-electron chi connectivity index (χ0n) is 9.06. The fourth-order valence-electron chi connectivity index (χ4n) is 2.03. The van der Waals surface area contributed by atoms with Gasteiger partial charge in [-0.25, -0.2) is 9.97 Å². The lowest BCUT2D eigenvalue weighted by Crippen LogP contribution is -2.50. The molecule has 0 atom stereocenters. The van der Waals surface area contributed by atoms with Crippen LogP contribution in [-0.2, 0) is 4.74 Å². The van der Waals surface area contributed by atoms with Crippen molar-refractivity contribution in [1.82, 2.24) is 9.97 Å². The fraction of sp³-hybridized carbons (Fsp3) is 0.600. The first kappa shape index (κ1) is 10.3. The number of ether oxygens (including phenoxy) is 1. The summed E-state index contributed by atoms with van der Waals surface area (Å²) in [6, 6.07) is 0.457. The topological polar surface area (TPSA) is 41.5 Å². The van der Waals surface area contributed by atoms with Crippen LogP contribution in [-0.4, -0.2) is 42.4 Å². The molecule has 1 fully saturated rings. The van der Waals surface area contributed by atoms with Crippen LogP contribution < -0.4 is 9.80 Å². The zero-order chi connectivity index (χ0) is 11.1. The number of hydrogen-bond donors (Lipinski definition) is 0. The molecular formula is C10H13BrN4O. The van der Waals surface area contributed by atoms with Crippen molar-refractivity contribution in [2.24, 2.45) is 0 Å². The van der Waals surface area contributed by atoms with Gasteiger partial charge < -0.3 is 14.5 Å². The Balaban J connectivity index is 1.97. The lowest BCUT2D eigenvalue weighted by atomic mass is 10.2. The highest BCUT2D eigenvalue weighted by Gasteiger charge is 2.36. The molecule has 1 saturated heterocycles. The minimum atomic E-state index is 0.457. The molecule has 3 heterocycles. The van der Waals surface area contributed by atoms with Gasteiger partial charge >= 0.3 is 0 Å². The summed E-state index contributed by atoms with van der Waals surface area (Å²) >= 11 is 3.37.